The number of hydrogen-bond acceptors (Lipinski definition) is 5. The molecule has 5 rings (SSSR count). The highest BCUT2D eigenvalue weighted by Gasteiger charge is 2.12. The molecule has 0 unspecified atom stereocenters. The summed E-state index contributed by atoms with van der Waals surface area (Å²) in [5, 5.41) is 7.79. The van der Waals surface area contributed by atoms with E-state index in [1.54, 1.807) is 24.3 Å². The first-order chi connectivity index (χ1) is 18.1. The zero-order valence-electron chi connectivity index (χ0n) is 20.2. The molecule has 0 aliphatic heterocycles. The van der Waals surface area contributed by atoms with Crippen molar-refractivity contribution in [1.82, 2.24) is 9.66 Å². The number of ether oxygens (including phenoxy) is 1. The lowest BCUT2D eigenvalue weighted by Crippen LogP contribution is -2.21. The molecule has 0 radical (unpaired) electrons. The van der Waals surface area contributed by atoms with Crippen LogP contribution in [-0.2, 0) is 4.79 Å². The van der Waals surface area contributed by atoms with Gasteiger partial charge in [-0.3, -0.25) is 9.59 Å². The summed E-state index contributed by atoms with van der Waals surface area (Å²) in [6.07, 6.45) is 1.54. The first-order valence-electron chi connectivity index (χ1n) is 11.8. The summed E-state index contributed by atoms with van der Waals surface area (Å²) in [6, 6.07) is 31.3. The van der Waals surface area contributed by atoms with Gasteiger partial charge in [-0.15, -0.1) is 0 Å². The molecule has 0 atom stereocenters. The molecule has 1 N–H and O–H groups in total. The van der Waals surface area contributed by atoms with E-state index in [4.69, 9.17) is 9.72 Å². The van der Waals surface area contributed by atoms with E-state index in [1.165, 1.54) is 10.9 Å². The minimum absolute atomic E-state index is 0.175. The van der Waals surface area contributed by atoms with Gasteiger partial charge in [0.05, 0.1) is 17.1 Å². The van der Waals surface area contributed by atoms with Crippen molar-refractivity contribution in [2.45, 2.75) is 6.92 Å². The number of aryl methyl sites for hydroxylation is 1. The van der Waals surface area contributed by atoms with Crippen molar-refractivity contribution in [2.24, 2.45) is 5.10 Å². The van der Waals surface area contributed by atoms with Gasteiger partial charge in [0.1, 0.15) is 5.75 Å². The van der Waals surface area contributed by atoms with Gasteiger partial charge in [-0.25, -0.2) is 4.98 Å². The van der Waals surface area contributed by atoms with Gasteiger partial charge in [-0.05, 0) is 43.3 Å². The SMILES string of the molecule is Cc1ccc(NC(=O)COc2ccccc2C=Nn2c(-c3ccccc3)nc3ccccc3c2=O)cc1. The highest BCUT2D eigenvalue weighted by molar-refractivity contribution is 5.92. The second kappa shape index (κ2) is 10.7. The zero-order valence-corrected chi connectivity index (χ0v) is 20.2. The molecule has 1 heterocycles. The molecule has 0 saturated carbocycles. The molecule has 37 heavy (non-hydrogen) atoms. The number of nitrogens with zero attached hydrogens (tertiary/aromatic N) is 3. The molecule has 0 aliphatic rings. The molecule has 0 saturated heterocycles. The smallest absolute Gasteiger partial charge is 0.282 e. The van der Waals surface area contributed by atoms with Crippen LogP contribution in [0.4, 0.5) is 5.69 Å². The lowest BCUT2D eigenvalue weighted by molar-refractivity contribution is -0.118. The van der Waals surface area contributed by atoms with Crippen molar-refractivity contribution in [3.63, 3.8) is 0 Å². The van der Waals surface area contributed by atoms with Gasteiger partial charge in [0.15, 0.2) is 12.4 Å². The Balaban J connectivity index is 1.43. The maximum Gasteiger partial charge on any atom is 0.282 e. The third kappa shape index (κ3) is 5.46. The predicted molar refractivity (Wildman–Crippen MR) is 146 cm³/mol. The maximum absolute atomic E-state index is 13.4. The Morgan fingerprint density at radius 1 is 0.919 bits per heavy atom. The number of carbonyl (C=O) groups is 1. The van der Waals surface area contributed by atoms with Crippen molar-refractivity contribution in [3.05, 3.63) is 125 Å². The Kier molecular flexibility index (Phi) is 6.85. The molecule has 182 valence electrons. The number of hydrogen-bond donors (Lipinski definition) is 1. The summed E-state index contributed by atoms with van der Waals surface area (Å²) in [6.45, 7) is 1.81. The first kappa shape index (κ1) is 23.7. The Morgan fingerprint density at radius 3 is 2.43 bits per heavy atom. The average Bonchev–Trinajstić information content (AvgIpc) is 2.93. The minimum Gasteiger partial charge on any atom is -0.483 e. The Hall–Kier alpha value is -5.04. The molecule has 0 fully saturated rings. The average molecular weight is 489 g/mol. The fourth-order valence-electron chi connectivity index (χ4n) is 3.82. The van der Waals surface area contributed by atoms with Crippen molar-refractivity contribution in [3.8, 4) is 17.1 Å². The predicted octanol–water partition coefficient (Wildman–Crippen LogP) is 5.27. The van der Waals surface area contributed by atoms with Gasteiger partial charge >= 0.3 is 0 Å². The van der Waals surface area contributed by atoms with E-state index in [2.05, 4.69) is 10.4 Å². The van der Waals surface area contributed by atoms with E-state index < -0.39 is 0 Å². The summed E-state index contributed by atoms with van der Waals surface area (Å²) >= 11 is 0. The van der Waals surface area contributed by atoms with Crippen LogP contribution in [0.1, 0.15) is 11.1 Å². The number of nitrogens with one attached hydrogen (secondary N) is 1. The minimum atomic E-state index is -0.281. The second-order valence-electron chi connectivity index (χ2n) is 8.42. The van der Waals surface area contributed by atoms with Crippen molar-refractivity contribution >= 4 is 28.7 Å². The summed E-state index contributed by atoms with van der Waals surface area (Å²) in [7, 11) is 0. The number of carbonyl (C=O) groups excluding carboxylic acids is 1. The van der Waals surface area contributed by atoms with Gasteiger partial charge in [-0.2, -0.15) is 9.78 Å². The van der Waals surface area contributed by atoms with E-state index in [0.29, 0.717) is 33.7 Å². The lowest BCUT2D eigenvalue weighted by atomic mass is 10.2. The molecule has 0 aliphatic carbocycles. The summed E-state index contributed by atoms with van der Waals surface area (Å²) in [5.41, 5.74) is 3.51. The van der Waals surface area contributed by atoms with Crippen LogP contribution in [0, 0.1) is 6.92 Å². The fraction of sp³-hybridized carbons (Fsp3) is 0.0667. The molecule has 0 bridgehead atoms. The molecule has 1 amide bonds. The quantitative estimate of drug-likeness (QED) is 0.316. The van der Waals surface area contributed by atoms with E-state index in [9.17, 15) is 9.59 Å². The van der Waals surface area contributed by atoms with Crippen LogP contribution in [0.5, 0.6) is 5.75 Å². The van der Waals surface area contributed by atoms with Crippen LogP contribution in [0.25, 0.3) is 22.3 Å². The summed E-state index contributed by atoms with van der Waals surface area (Å²) in [4.78, 5) is 30.5. The number of aromatic nitrogens is 2. The first-order valence-corrected chi connectivity index (χ1v) is 11.8. The Bertz CT molecular complexity index is 1640. The van der Waals surface area contributed by atoms with Crippen molar-refractivity contribution in [1.29, 1.82) is 0 Å². The second-order valence-corrected chi connectivity index (χ2v) is 8.42. The number of benzene rings is 4. The third-order valence-electron chi connectivity index (χ3n) is 5.71. The van der Waals surface area contributed by atoms with Crippen LogP contribution >= 0.6 is 0 Å². The van der Waals surface area contributed by atoms with Gasteiger partial charge in [0, 0.05) is 16.8 Å². The number of para-hydroxylation sites is 2. The lowest BCUT2D eigenvalue weighted by Gasteiger charge is -2.11. The van der Waals surface area contributed by atoms with Crippen LogP contribution in [0.3, 0.4) is 0 Å². The fourth-order valence-corrected chi connectivity index (χ4v) is 3.82. The van der Waals surface area contributed by atoms with Gasteiger partial charge in [0.2, 0.25) is 0 Å². The van der Waals surface area contributed by atoms with Crippen LogP contribution in [0.2, 0.25) is 0 Å². The van der Waals surface area contributed by atoms with E-state index >= 15 is 0 Å². The Labute approximate surface area is 213 Å². The largest absolute Gasteiger partial charge is 0.483 e. The van der Waals surface area contributed by atoms with E-state index in [-0.39, 0.29) is 18.1 Å². The van der Waals surface area contributed by atoms with Gasteiger partial charge < -0.3 is 10.1 Å². The zero-order chi connectivity index (χ0) is 25.6. The van der Waals surface area contributed by atoms with E-state index in [0.717, 1.165) is 11.1 Å². The number of fused-ring (bicyclic) bond motifs is 1. The molecule has 7 heteroatoms. The maximum atomic E-state index is 13.4. The van der Waals surface area contributed by atoms with Gasteiger partial charge in [-0.1, -0.05) is 72.3 Å². The highest BCUT2D eigenvalue weighted by atomic mass is 16.5. The van der Waals surface area contributed by atoms with Crippen LogP contribution < -0.4 is 15.6 Å². The number of amides is 1. The Morgan fingerprint density at radius 2 is 1.62 bits per heavy atom. The summed E-state index contributed by atoms with van der Waals surface area (Å²) < 4.78 is 7.08. The number of anilines is 1. The molecule has 1 aromatic heterocycles. The van der Waals surface area contributed by atoms with Crippen molar-refractivity contribution in [2.75, 3.05) is 11.9 Å². The van der Waals surface area contributed by atoms with E-state index in [1.807, 2.05) is 85.8 Å². The molecule has 5 aromatic rings. The normalized spacial score (nSPS) is 11.1. The van der Waals surface area contributed by atoms with Crippen molar-refractivity contribution < 1.29 is 9.53 Å². The van der Waals surface area contributed by atoms with Crippen LogP contribution in [0.15, 0.2) is 113 Å². The molecule has 7 nitrogen and oxygen atoms in total. The third-order valence-corrected chi connectivity index (χ3v) is 5.71. The standard InChI is InChI=1S/C30H24N4O3/c1-21-15-17-24(18-16-21)32-28(35)20-37-27-14-8-5-11-23(27)19-31-34-29(22-9-3-2-4-10-22)33-26-13-7-6-12-25(26)30(34)36/h2-19H,20H2,1H3,(H,32,35). The number of rotatable bonds is 7. The molecular formula is C30H24N4O3. The monoisotopic (exact) mass is 488 g/mol. The topological polar surface area (TPSA) is 85.6 Å². The molecule has 0 spiro atoms. The summed E-state index contributed by atoms with van der Waals surface area (Å²) in [5.74, 6) is 0.613. The molecular weight excluding hydrogens is 464 g/mol. The highest BCUT2D eigenvalue weighted by Crippen LogP contribution is 2.20. The van der Waals surface area contributed by atoms with Crippen LogP contribution in [-0.4, -0.2) is 28.4 Å². The molecule has 4 aromatic carbocycles. The van der Waals surface area contributed by atoms with Gasteiger partial charge in [0.25, 0.3) is 11.5 Å².